The monoisotopic (exact) mass is 292 g/mol. The standard InChI is InChI=1S/C13H10Cl2N4/c14-8-1-2-9(15)12(4-8)18-13-5-11-7(3-10(13)16)6-17-19-11/h1-6,18H,16H2,(H,17,19). The fourth-order valence-electron chi connectivity index (χ4n) is 1.86. The number of nitrogens with zero attached hydrogens (tertiary/aromatic N) is 1. The topological polar surface area (TPSA) is 66.7 Å². The third-order valence-corrected chi connectivity index (χ3v) is 3.37. The molecule has 0 aliphatic heterocycles. The molecule has 0 atom stereocenters. The largest absolute Gasteiger partial charge is 0.397 e. The Bertz CT molecular complexity index is 751. The molecule has 3 aromatic rings. The third kappa shape index (κ3) is 2.32. The summed E-state index contributed by atoms with van der Waals surface area (Å²) in [7, 11) is 0. The molecule has 6 heteroatoms. The van der Waals surface area contributed by atoms with Crippen LogP contribution in [0.4, 0.5) is 17.1 Å². The Morgan fingerprint density at radius 2 is 1.95 bits per heavy atom. The Hall–Kier alpha value is -1.91. The van der Waals surface area contributed by atoms with Crippen LogP contribution < -0.4 is 11.1 Å². The van der Waals surface area contributed by atoms with Crippen LogP contribution in [0.15, 0.2) is 36.5 Å². The van der Waals surface area contributed by atoms with Gasteiger partial charge in [0.1, 0.15) is 0 Å². The maximum absolute atomic E-state index is 6.11. The van der Waals surface area contributed by atoms with Crippen LogP contribution in [0.5, 0.6) is 0 Å². The summed E-state index contributed by atoms with van der Waals surface area (Å²) in [5.74, 6) is 0. The van der Waals surface area contributed by atoms with Crippen LogP contribution >= 0.6 is 23.2 Å². The van der Waals surface area contributed by atoms with Crippen LogP contribution in [0.25, 0.3) is 10.9 Å². The summed E-state index contributed by atoms with van der Waals surface area (Å²) in [6.45, 7) is 0. The zero-order valence-electron chi connectivity index (χ0n) is 9.74. The number of benzene rings is 2. The van der Waals surface area contributed by atoms with Crippen molar-refractivity contribution in [3.05, 3.63) is 46.6 Å². The highest BCUT2D eigenvalue weighted by molar-refractivity contribution is 6.35. The lowest BCUT2D eigenvalue weighted by Gasteiger charge is -2.11. The molecule has 0 aliphatic carbocycles. The van der Waals surface area contributed by atoms with E-state index in [1.165, 1.54) is 0 Å². The van der Waals surface area contributed by atoms with Gasteiger partial charge in [0, 0.05) is 10.4 Å². The molecule has 1 aromatic heterocycles. The highest BCUT2D eigenvalue weighted by Gasteiger charge is 2.07. The van der Waals surface area contributed by atoms with Crippen molar-refractivity contribution in [3.8, 4) is 0 Å². The number of hydrogen-bond donors (Lipinski definition) is 3. The molecule has 0 unspecified atom stereocenters. The second-order valence-corrected chi connectivity index (χ2v) is 4.99. The maximum atomic E-state index is 6.11. The number of fused-ring (bicyclic) bond motifs is 1. The first-order chi connectivity index (χ1) is 9.13. The number of hydrogen-bond acceptors (Lipinski definition) is 3. The Balaban J connectivity index is 2.04. The van der Waals surface area contributed by atoms with Crippen molar-refractivity contribution in [2.24, 2.45) is 0 Å². The fraction of sp³-hybridized carbons (Fsp3) is 0. The first-order valence-electron chi connectivity index (χ1n) is 5.58. The highest BCUT2D eigenvalue weighted by atomic mass is 35.5. The van der Waals surface area contributed by atoms with Crippen LogP contribution in [-0.2, 0) is 0 Å². The van der Waals surface area contributed by atoms with E-state index in [0.29, 0.717) is 21.4 Å². The molecular weight excluding hydrogens is 283 g/mol. The van der Waals surface area contributed by atoms with E-state index in [1.54, 1.807) is 24.4 Å². The van der Waals surface area contributed by atoms with Crippen molar-refractivity contribution in [3.63, 3.8) is 0 Å². The molecule has 0 amide bonds. The second-order valence-electron chi connectivity index (χ2n) is 4.15. The van der Waals surface area contributed by atoms with Gasteiger partial charge in [-0.3, -0.25) is 5.10 Å². The van der Waals surface area contributed by atoms with Crippen molar-refractivity contribution < 1.29 is 0 Å². The van der Waals surface area contributed by atoms with E-state index in [0.717, 1.165) is 16.6 Å². The number of anilines is 3. The summed E-state index contributed by atoms with van der Waals surface area (Å²) in [5, 5.41) is 12.2. The van der Waals surface area contributed by atoms with Gasteiger partial charge in [0.25, 0.3) is 0 Å². The Morgan fingerprint density at radius 3 is 2.79 bits per heavy atom. The minimum atomic E-state index is 0.577. The van der Waals surface area contributed by atoms with E-state index in [2.05, 4.69) is 15.5 Å². The van der Waals surface area contributed by atoms with Crippen molar-refractivity contribution in [1.29, 1.82) is 0 Å². The predicted molar refractivity (Wildman–Crippen MR) is 80.3 cm³/mol. The van der Waals surface area contributed by atoms with E-state index in [4.69, 9.17) is 28.9 Å². The summed E-state index contributed by atoms with van der Waals surface area (Å²) in [4.78, 5) is 0. The lowest BCUT2D eigenvalue weighted by atomic mass is 10.2. The van der Waals surface area contributed by atoms with E-state index in [1.807, 2.05) is 12.1 Å². The van der Waals surface area contributed by atoms with Crippen LogP contribution in [0.2, 0.25) is 10.0 Å². The van der Waals surface area contributed by atoms with E-state index < -0.39 is 0 Å². The number of aromatic nitrogens is 2. The summed E-state index contributed by atoms with van der Waals surface area (Å²) < 4.78 is 0. The van der Waals surface area contributed by atoms with Gasteiger partial charge in [-0.25, -0.2) is 0 Å². The van der Waals surface area contributed by atoms with Crippen LogP contribution in [0.1, 0.15) is 0 Å². The molecule has 0 aliphatic rings. The van der Waals surface area contributed by atoms with Gasteiger partial charge in [0.15, 0.2) is 0 Å². The first kappa shape index (κ1) is 12.1. The van der Waals surface area contributed by atoms with Crippen molar-refractivity contribution in [2.75, 3.05) is 11.1 Å². The molecule has 0 saturated carbocycles. The maximum Gasteiger partial charge on any atom is 0.0672 e. The highest BCUT2D eigenvalue weighted by Crippen LogP contribution is 2.32. The molecule has 0 saturated heterocycles. The summed E-state index contributed by atoms with van der Waals surface area (Å²) in [6.07, 6.45) is 1.72. The van der Waals surface area contributed by atoms with Gasteiger partial charge < -0.3 is 11.1 Å². The van der Waals surface area contributed by atoms with E-state index >= 15 is 0 Å². The smallest absolute Gasteiger partial charge is 0.0672 e. The number of aromatic amines is 1. The number of nitrogens with one attached hydrogen (secondary N) is 2. The summed E-state index contributed by atoms with van der Waals surface area (Å²) in [6, 6.07) is 8.95. The minimum absolute atomic E-state index is 0.577. The molecule has 0 radical (unpaired) electrons. The van der Waals surface area contributed by atoms with Gasteiger partial charge in [-0.05, 0) is 30.3 Å². The SMILES string of the molecule is Nc1cc2cn[nH]c2cc1Nc1cc(Cl)ccc1Cl. The van der Waals surface area contributed by atoms with E-state index in [9.17, 15) is 0 Å². The molecule has 4 N–H and O–H groups in total. The zero-order valence-corrected chi connectivity index (χ0v) is 11.3. The summed E-state index contributed by atoms with van der Waals surface area (Å²) >= 11 is 12.1. The lowest BCUT2D eigenvalue weighted by Crippen LogP contribution is -1.97. The Labute approximate surface area is 119 Å². The lowest BCUT2D eigenvalue weighted by molar-refractivity contribution is 1.12. The van der Waals surface area contributed by atoms with Gasteiger partial charge in [-0.2, -0.15) is 5.10 Å². The van der Waals surface area contributed by atoms with Crippen molar-refractivity contribution >= 4 is 51.2 Å². The fourth-order valence-corrected chi connectivity index (χ4v) is 2.19. The average molecular weight is 293 g/mol. The Kier molecular flexibility index (Phi) is 2.97. The molecule has 3 rings (SSSR count). The van der Waals surface area contributed by atoms with Gasteiger partial charge in [0.2, 0.25) is 0 Å². The molecule has 0 fully saturated rings. The van der Waals surface area contributed by atoms with Crippen molar-refractivity contribution in [2.45, 2.75) is 0 Å². The first-order valence-corrected chi connectivity index (χ1v) is 6.34. The average Bonchev–Trinajstić information content (AvgIpc) is 2.81. The molecule has 96 valence electrons. The van der Waals surface area contributed by atoms with Gasteiger partial charge in [0.05, 0.1) is 33.8 Å². The quantitative estimate of drug-likeness (QED) is 0.620. The summed E-state index contributed by atoms with van der Waals surface area (Å²) in [5.41, 5.74) is 8.97. The normalized spacial score (nSPS) is 10.8. The van der Waals surface area contributed by atoms with E-state index in [-0.39, 0.29) is 0 Å². The number of nitrogens with two attached hydrogens (primary N) is 1. The molecule has 19 heavy (non-hydrogen) atoms. The van der Waals surface area contributed by atoms with Gasteiger partial charge in [-0.1, -0.05) is 23.2 Å². The zero-order chi connectivity index (χ0) is 13.4. The van der Waals surface area contributed by atoms with Crippen LogP contribution in [-0.4, -0.2) is 10.2 Å². The number of H-pyrrole nitrogens is 1. The molecular formula is C13H10Cl2N4. The predicted octanol–water partition coefficient (Wildman–Crippen LogP) is 4.20. The number of rotatable bonds is 2. The minimum Gasteiger partial charge on any atom is -0.397 e. The van der Waals surface area contributed by atoms with Gasteiger partial charge in [-0.15, -0.1) is 0 Å². The second kappa shape index (κ2) is 4.64. The molecule has 1 heterocycles. The van der Waals surface area contributed by atoms with Crippen LogP contribution in [0, 0.1) is 0 Å². The number of nitrogen functional groups attached to an aromatic ring is 1. The molecule has 2 aromatic carbocycles. The number of halogens is 2. The molecule has 4 nitrogen and oxygen atoms in total. The third-order valence-electron chi connectivity index (χ3n) is 2.81. The van der Waals surface area contributed by atoms with Crippen molar-refractivity contribution in [1.82, 2.24) is 10.2 Å². The Morgan fingerprint density at radius 1 is 1.11 bits per heavy atom. The molecule has 0 spiro atoms. The molecule has 0 bridgehead atoms. The van der Waals surface area contributed by atoms with Crippen LogP contribution in [0.3, 0.4) is 0 Å². The van der Waals surface area contributed by atoms with Gasteiger partial charge >= 0.3 is 0 Å².